The summed E-state index contributed by atoms with van der Waals surface area (Å²) in [5, 5.41) is 10.9. The third kappa shape index (κ3) is 2.57. The van der Waals surface area contributed by atoms with Crippen LogP contribution in [0.15, 0.2) is 24.3 Å². The summed E-state index contributed by atoms with van der Waals surface area (Å²) in [4.78, 5) is 6.22. The van der Waals surface area contributed by atoms with Crippen LogP contribution in [0.1, 0.15) is 31.0 Å². The van der Waals surface area contributed by atoms with Crippen LogP contribution in [0, 0.1) is 11.8 Å². The van der Waals surface area contributed by atoms with E-state index in [9.17, 15) is 5.11 Å². The Hall–Kier alpha value is -1.32. The van der Waals surface area contributed by atoms with E-state index < -0.39 is 0 Å². The van der Waals surface area contributed by atoms with Crippen molar-refractivity contribution >= 4 is 10.9 Å². The Morgan fingerprint density at radius 2 is 2.14 bits per heavy atom. The molecule has 0 spiro atoms. The van der Waals surface area contributed by atoms with Crippen molar-refractivity contribution in [3.63, 3.8) is 0 Å². The Balaban J connectivity index is 1.53. The van der Waals surface area contributed by atoms with Crippen LogP contribution < -0.4 is 0 Å². The lowest BCUT2D eigenvalue weighted by molar-refractivity contribution is 0.0917. The second-order valence-electron chi connectivity index (χ2n) is 7.28. The first-order valence-corrected chi connectivity index (χ1v) is 8.69. The summed E-state index contributed by atoms with van der Waals surface area (Å²) in [6, 6.07) is 8.73. The number of nitrogens with zero attached hydrogens (tertiary/aromatic N) is 1. The van der Waals surface area contributed by atoms with E-state index in [4.69, 9.17) is 0 Å². The average molecular weight is 298 g/mol. The number of benzene rings is 1. The fraction of sp³-hybridized carbons (Fsp3) is 0.579. The van der Waals surface area contributed by atoms with Gasteiger partial charge in [0, 0.05) is 29.7 Å². The zero-order valence-corrected chi connectivity index (χ0v) is 13.4. The fourth-order valence-electron chi connectivity index (χ4n) is 4.42. The highest BCUT2D eigenvalue weighted by Crippen LogP contribution is 2.38. The molecule has 2 aromatic rings. The minimum Gasteiger partial charge on any atom is -0.393 e. The first-order valence-electron chi connectivity index (χ1n) is 8.69. The van der Waals surface area contributed by atoms with E-state index in [0.717, 1.165) is 24.8 Å². The number of aromatic amines is 1. The molecule has 0 amide bonds. The minimum absolute atomic E-state index is 0.177. The van der Waals surface area contributed by atoms with Gasteiger partial charge in [-0.05, 0) is 62.6 Å². The third-order valence-corrected chi connectivity index (χ3v) is 5.67. The molecular weight excluding hydrogens is 272 g/mol. The van der Waals surface area contributed by atoms with E-state index in [-0.39, 0.29) is 6.10 Å². The molecule has 1 saturated heterocycles. The summed E-state index contributed by atoms with van der Waals surface area (Å²) in [5.41, 5.74) is 4.35. The van der Waals surface area contributed by atoms with Crippen LogP contribution in [-0.2, 0) is 12.8 Å². The van der Waals surface area contributed by atoms with Gasteiger partial charge in [-0.15, -0.1) is 0 Å². The molecule has 4 rings (SSSR count). The summed E-state index contributed by atoms with van der Waals surface area (Å²) >= 11 is 0. The topological polar surface area (TPSA) is 39.3 Å². The number of nitrogens with one attached hydrogen (secondary N) is 1. The van der Waals surface area contributed by atoms with Gasteiger partial charge in [0.1, 0.15) is 0 Å². The van der Waals surface area contributed by atoms with E-state index in [2.05, 4.69) is 34.1 Å². The van der Waals surface area contributed by atoms with Crippen molar-refractivity contribution in [2.24, 2.45) is 11.8 Å². The highest BCUT2D eigenvalue weighted by Gasteiger charge is 2.34. The Labute approximate surface area is 132 Å². The molecule has 2 heterocycles. The van der Waals surface area contributed by atoms with E-state index >= 15 is 0 Å². The predicted octanol–water partition coefficient (Wildman–Crippen LogP) is 2.98. The number of likely N-dealkylation sites (tertiary alicyclic amines) is 1. The number of fused-ring (bicyclic) bond motifs is 4. The van der Waals surface area contributed by atoms with Gasteiger partial charge in [0.2, 0.25) is 0 Å². The first-order chi connectivity index (χ1) is 10.7. The Kier molecular flexibility index (Phi) is 3.71. The summed E-state index contributed by atoms with van der Waals surface area (Å²) in [6.45, 7) is 5.34. The van der Waals surface area contributed by atoms with Crippen molar-refractivity contribution in [1.82, 2.24) is 9.88 Å². The lowest BCUT2D eigenvalue weighted by Crippen LogP contribution is -2.44. The van der Waals surface area contributed by atoms with Crippen LogP contribution in [0.4, 0.5) is 0 Å². The van der Waals surface area contributed by atoms with Crippen molar-refractivity contribution in [1.29, 1.82) is 0 Å². The first kappa shape index (κ1) is 14.3. The molecule has 0 bridgehead atoms. The van der Waals surface area contributed by atoms with Crippen LogP contribution in [0.2, 0.25) is 0 Å². The molecule has 3 unspecified atom stereocenters. The number of hydrogen-bond acceptors (Lipinski definition) is 2. The van der Waals surface area contributed by atoms with E-state index in [1.165, 1.54) is 48.9 Å². The largest absolute Gasteiger partial charge is 0.393 e. The van der Waals surface area contributed by atoms with Gasteiger partial charge in [-0.3, -0.25) is 0 Å². The molecule has 2 aliphatic rings. The monoisotopic (exact) mass is 298 g/mol. The normalized spacial score (nSPS) is 26.6. The van der Waals surface area contributed by atoms with Gasteiger partial charge < -0.3 is 15.0 Å². The zero-order valence-electron chi connectivity index (χ0n) is 13.4. The predicted molar refractivity (Wildman–Crippen MR) is 90.0 cm³/mol. The molecule has 0 radical (unpaired) electrons. The van der Waals surface area contributed by atoms with Gasteiger partial charge in [0.25, 0.3) is 0 Å². The average Bonchev–Trinajstić information content (AvgIpc) is 2.88. The minimum atomic E-state index is -0.177. The summed E-state index contributed by atoms with van der Waals surface area (Å²) in [7, 11) is 0. The van der Waals surface area contributed by atoms with Gasteiger partial charge in [0.05, 0.1) is 6.10 Å². The third-order valence-electron chi connectivity index (χ3n) is 5.67. The van der Waals surface area contributed by atoms with Crippen molar-refractivity contribution in [2.45, 2.75) is 38.7 Å². The quantitative estimate of drug-likeness (QED) is 0.914. The molecule has 1 fully saturated rings. The van der Waals surface area contributed by atoms with Crippen molar-refractivity contribution in [2.75, 3.05) is 19.6 Å². The lowest BCUT2D eigenvalue weighted by Gasteiger charge is -2.41. The maximum atomic E-state index is 9.51. The fourth-order valence-corrected chi connectivity index (χ4v) is 4.42. The molecule has 1 aromatic heterocycles. The number of piperidine rings is 1. The highest BCUT2D eigenvalue weighted by atomic mass is 16.3. The van der Waals surface area contributed by atoms with Crippen LogP contribution >= 0.6 is 0 Å². The standard InChI is InChI=1S/C19H26N2O/c1-13(22)6-8-21-9-7-14-11-19-17(10-15(14)12-21)16-4-2-3-5-18(16)20-19/h2-5,13-15,20,22H,6-12H2,1H3. The van der Waals surface area contributed by atoms with Gasteiger partial charge in [-0.25, -0.2) is 0 Å². The molecule has 22 heavy (non-hydrogen) atoms. The molecular formula is C19H26N2O. The molecule has 1 aromatic carbocycles. The molecule has 118 valence electrons. The van der Waals surface area contributed by atoms with Crippen molar-refractivity contribution in [3.8, 4) is 0 Å². The molecule has 3 heteroatoms. The Morgan fingerprint density at radius 3 is 3.00 bits per heavy atom. The van der Waals surface area contributed by atoms with E-state index in [0.29, 0.717) is 0 Å². The molecule has 0 saturated carbocycles. The number of aliphatic hydroxyl groups is 1. The number of aromatic nitrogens is 1. The van der Waals surface area contributed by atoms with Gasteiger partial charge in [0.15, 0.2) is 0 Å². The molecule has 3 atom stereocenters. The summed E-state index contributed by atoms with van der Waals surface area (Å²) < 4.78 is 0. The summed E-state index contributed by atoms with van der Waals surface area (Å²) in [6.07, 6.45) is 4.47. The maximum absolute atomic E-state index is 9.51. The summed E-state index contributed by atoms with van der Waals surface area (Å²) in [5.74, 6) is 1.62. The second kappa shape index (κ2) is 5.71. The van der Waals surface area contributed by atoms with Crippen LogP contribution in [-0.4, -0.2) is 40.7 Å². The molecule has 3 nitrogen and oxygen atoms in total. The number of aliphatic hydroxyl groups excluding tert-OH is 1. The number of H-pyrrole nitrogens is 1. The molecule has 1 aliphatic carbocycles. The highest BCUT2D eigenvalue weighted by molar-refractivity contribution is 5.84. The zero-order chi connectivity index (χ0) is 15.1. The Bertz CT molecular complexity index is 660. The maximum Gasteiger partial charge on any atom is 0.0524 e. The van der Waals surface area contributed by atoms with Crippen LogP contribution in [0.3, 0.4) is 0 Å². The molecule has 1 aliphatic heterocycles. The smallest absolute Gasteiger partial charge is 0.0524 e. The SMILES string of the molecule is CC(O)CCN1CCC2Cc3[nH]c4ccccc4c3CC2C1. The van der Waals surface area contributed by atoms with Crippen molar-refractivity contribution in [3.05, 3.63) is 35.5 Å². The van der Waals surface area contributed by atoms with E-state index in [1.807, 2.05) is 6.92 Å². The second-order valence-corrected chi connectivity index (χ2v) is 7.28. The number of rotatable bonds is 3. The molecule has 2 N–H and O–H groups in total. The lowest BCUT2D eigenvalue weighted by atomic mass is 9.74. The van der Waals surface area contributed by atoms with Gasteiger partial charge in [-0.2, -0.15) is 0 Å². The van der Waals surface area contributed by atoms with Crippen LogP contribution in [0.25, 0.3) is 10.9 Å². The van der Waals surface area contributed by atoms with E-state index in [1.54, 1.807) is 5.56 Å². The number of para-hydroxylation sites is 1. The Morgan fingerprint density at radius 1 is 1.27 bits per heavy atom. The number of hydrogen-bond donors (Lipinski definition) is 2. The van der Waals surface area contributed by atoms with Crippen molar-refractivity contribution < 1.29 is 5.11 Å². The van der Waals surface area contributed by atoms with Gasteiger partial charge >= 0.3 is 0 Å². The van der Waals surface area contributed by atoms with Gasteiger partial charge in [-0.1, -0.05) is 18.2 Å². The van der Waals surface area contributed by atoms with Crippen LogP contribution in [0.5, 0.6) is 0 Å².